The average molecular weight is 178 g/mol. The second-order valence-corrected chi connectivity index (χ2v) is 3.56. The molecule has 1 N–H and O–H groups in total. The smallest absolute Gasteiger partial charge is 0.125 e. The molecule has 70 valence electrons. The third-order valence-corrected chi connectivity index (χ3v) is 2.87. The zero-order valence-electron chi connectivity index (χ0n) is 8.00. The van der Waals surface area contributed by atoms with Gasteiger partial charge in [-0.2, -0.15) is 0 Å². The minimum absolute atomic E-state index is 0.637. The summed E-state index contributed by atoms with van der Waals surface area (Å²) < 4.78 is 5.21. The molecule has 0 fully saturated rings. The SMILES string of the molecule is CC[C@]1(O)Cc2cccc(OC)c21. The molecule has 1 aliphatic rings. The monoisotopic (exact) mass is 178 g/mol. The van der Waals surface area contributed by atoms with Gasteiger partial charge in [0.2, 0.25) is 0 Å². The molecule has 0 bridgehead atoms. The van der Waals surface area contributed by atoms with Crippen molar-refractivity contribution in [2.45, 2.75) is 25.4 Å². The number of hydrogen-bond acceptors (Lipinski definition) is 2. The number of benzene rings is 1. The number of hydrogen-bond donors (Lipinski definition) is 1. The van der Waals surface area contributed by atoms with E-state index in [4.69, 9.17) is 4.74 Å². The zero-order valence-corrected chi connectivity index (χ0v) is 8.00. The van der Waals surface area contributed by atoms with E-state index >= 15 is 0 Å². The van der Waals surface area contributed by atoms with Gasteiger partial charge in [-0.25, -0.2) is 0 Å². The third kappa shape index (κ3) is 1.05. The molecule has 1 aromatic rings. The number of ether oxygens (including phenoxy) is 1. The van der Waals surface area contributed by atoms with Crippen LogP contribution >= 0.6 is 0 Å². The minimum atomic E-state index is -0.637. The highest BCUT2D eigenvalue weighted by Gasteiger charge is 2.41. The number of methoxy groups -OCH3 is 1. The van der Waals surface area contributed by atoms with Gasteiger partial charge in [0.05, 0.1) is 12.7 Å². The van der Waals surface area contributed by atoms with Crippen LogP contribution in [0.5, 0.6) is 5.75 Å². The number of aliphatic hydroxyl groups is 1. The van der Waals surface area contributed by atoms with Crippen molar-refractivity contribution >= 4 is 0 Å². The molecular formula is C11H14O2. The van der Waals surface area contributed by atoms with Gasteiger partial charge < -0.3 is 9.84 Å². The molecule has 13 heavy (non-hydrogen) atoms. The fraction of sp³-hybridized carbons (Fsp3) is 0.455. The van der Waals surface area contributed by atoms with Gasteiger partial charge >= 0.3 is 0 Å². The van der Waals surface area contributed by atoms with Crippen LogP contribution < -0.4 is 4.74 Å². The van der Waals surface area contributed by atoms with E-state index in [-0.39, 0.29) is 0 Å². The lowest BCUT2D eigenvalue weighted by Gasteiger charge is -2.39. The first-order valence-electron chi connectivity index (χ1n) is 4.60. The van der Waals surface area contributed by atoms with Gasteiger partial charge in [-0.1, -0.05) is 19.1 Å². The Kier molecular flexibility index (Phi) is 1.81. The molecule has 2 nitrogen and oxygen atoms in total. The lowest BCUT2D eigenvalue weighted by Crippen LogP contribution is -2.38. The summed E-state index contributed by atoms with van der Waals surface area (Å²) in [5.74, 6) is 0.813. The summed E-state index contributed by atoms with van der Waals surface area (Å²) in [5, 5.41) is 10.1. The van der Waals surface area contributed by atoms with E-state index < -0.39 is 5.60 Å². The lowest BCUT2D eigenvalue weighted by atomic mass is 9.71. The molecule has 0 heterocycles. The van der Waals surface area contributed by atoms with Crippen LogP contribution in [0.15, 0.2) is 18.2 Å². The number of fused-ring (bicyclic) bond motifs is 1. The predicted octanol–water partition coefficient (Wildman–Crippen LogP) is 1.85. The van der Waals surface area contributed by atoms with Gasteiger partial charge in [-0.3, -0.25) is 0 Å². The summed E-state index contributed by atoms with van der Waals surface area (Å²) in [4.78, 5) is 0. The standard InChI is InChI=1S/C11H14O2/c1-3-11(12)7-8-5-4-6-9(13-2)10(8)11/h4-6,12H,3,7H2,1-2H3/t11-/m0/s1. The van der Waals surface area contributed by atoms with Crippen LogP contribution in [0.4, 0.5) is 0 Å². The Morgan fingerprint density at radius 3 is 2.92 bits per heavy atom. The van der Waals surface area contributed by atoms with Crippen LogP contribution in [0.1, 0.15) is 24.5 Å². The molecule has 0 aliphatic heterocycles. The Bertz CT molecular complexity index is 333. The van der Waals surface area contributed by atoms with Crippen molar-refractivity contribution in [3.63, 3.8) is 0 Å². The summed E-state index contributed by atoms with van der Waals surface area (Å²) in [6.07, 6.45) is 1.51. The van der Waals surface area contributed by atoms with Gasteiger partial charge in [0.25, 0.3) is 0 Å². The topological polar surface area (TPSA) is 29.5 Å². The zero-order chi connectivity index (χ0) is 9.47. The highest BCUT2D eigenvalue weighted by Crippen LogP contribution is 2.46. The lowest BCUT2D eigenvalue weighted by molar-refractivity contribution is 0.00600. The van der Waals surface area contributed by atoms with Gasteiger partial charge in [-0.15, -0.1) is 0 Å². The highest BCUT2D eigenvalue weighted by molar-refractivity contribution is 5.51. The Morgan fingerprint density at radius 2 is 2.31 bits per heavy atom. The van der Waals surface area contributed by atoms with E-state index in [2.05, 4.69) is 0 Å². The fourth-order valence-corrected chi connectivity index (χ4v) is 2.02. The normalized spacial score (nSPS) is 24.8. The van der Waals surface area contributed by atoms with E-state index in [9.17, 15) is 5.11 Å². The van der Waals surface area contributed by atoms with Crippen LogP contribution in [-0.2, 0) is 12.0 Å². The van der Waals surface area contributed by atoms with E-state index in [1.54, 1.807) is 7.11 Å². The second-order valence-electron chi connectivity index (χ2n) is 3.56. The van der Waals surface area contributed by atoms with Crippen molar-refractivity contribution in [2.75, 3.05) is 7.11 Å². The Morgan fingerprint density at radius 1 is 1.54 bits per heavy atom. The van der Waals surface area contributed by atoms with E-state index in [0.717, 1.165) is 24.2 Å². The molecule has 1 aliphatic carbocycles. The molecule has 0 unspecified atom stereocenters. The molecule has 2 heteroatoms. The molecule has 0 aromatic heterocycles. The molecule has 0 radical (unpaired) electrons. The van der Waals surface area contributed by atoms with E-state index in [1.165, 1.54) is 5.56 Å². The van der Waals surface area contributed by atoms with Crippen molar-refractivity contribution in [1.82, 2.24) is 0 Å². The maximum atomic E-state index is 10.1. The maximum absolute atomic E-state index is 10.1. The highest BCUT2D eigenvalue weighted by atomic mass is 16.5. The summed E-state index contributed by atoms with van der Waals surface area (Å²) in [6, 6.07) is 5.91. The van der Waals surface area contributed by atoms with Gasteiger partial charge in [0.1, 0.15) is 5.75 Å². The molecule has 1 atom stereocenters. The van der Waals surface area contributed by atoms with Crippen LogP contribution in [0.25, 0.3) is 0 Å². The van der Waals surface area contributed by atoms with Crippen molar-refractivity contribution in [2.24, 2.45) is 0 Å². The predicted molar refractivity (Wildman–Crippen MR) is 50.9 cm³/mol. The summed E-state index contributed by atoms with van der Waals surface area (Å²) >= 11 is 0. The van der Waals surface area contributed by atoms with Crippen molar-refractivity contribution < 1.29 is 9.84 Å². The number of rotatable bonds is 2. The van der Waals surface area contributed by atoms with Crippen LogP contribution in [0.3, 0.4) is 0 Å². The minimum Gasteiger partial charge on any atom is -0.496 e. The first kappa shape index (κ1) is 8.57. The fourth-order valence-electron chi connectivity index (χ4n) is 2.02. The summed E-state index contributed by atoms with van der Waals surface area (Å²) in [7, 11) is 1.64. The third-order valence-electron chi connectivity index (χ3n) is 2.87. The van der Waals surface area contributed by atoms with Gasteiger partial charge in [0.15, 0.2) is 0 Å². The molecule has 0 saturated carbocycles. The van der Waals surface area contributed by atoms with E-state index in [0.29, 0.717) is 0 Å². The van der Waals surface area contributed by atoms with E-state index in [1.807, 2.05) is 25.1 Å². The first-order chi connectivity index (χ1) is 6.21. The quantitative estimate of drug-likeness (QED) is 0.748. The summed E-state index contributed by atoms with van der Waals surface area (Å²) in [5.41, 5.74) is 1.56. The molecule has 0 spiro atoms. The molecular weight excluding hydrogens is 164 g/mol. The Balaban J connectivity index is 2.49. The van der Waals surface area contributed by atoms with Crippen LogP contribution in [-0.4, -0.2) is 12.2 Å². The second kappa shape index (κ2) is 2.74. The molecule has 0 saturated heterocycles. The first-order valence-corrected chi connectivity index (χ1v) is 4.60. The maximum Gasteiger partial charge on any atom is 0.125 e. The Hall–Kier alpha value is -1.02. The van der Waals surface area contributed by atoms with Gasteiger partial charge in [-0.05, 0) is 18.1 Å². The largest absolute Gasteiger partial charge is 0.496 e. The summed E-state index contributed by atoms with van der Waals surface area (Å²) in [6.45, 7) is 2.00. The molecule has 0 amide bonds. The van der Waals surface area contributed by atoms with Crippen molar-refractivity contribution in [1.29, 1.82) is 0 Å². The van der Waals surface area contributed by atoms with Crippen molar-refractivity contribution in [3.8, 4) is 5.75 Å². The van der Waals surface area contributed by atoms with Crippen molar-refractivity contribution in [3.05, 3.63) is 29.3 Å². The van der Waals surface area contributed by atoms with Crippen LogP contribution in [0, 0.1) is 0 Å². The van der Waals surface area contributed by atoms with Crippen LogP contribution in [0.2, 0.25) is 0 Å². The molecule has 1 aromatic carbocycles. The Labute approximate surface area is 78.2 Å². The van der Waals surface area contributed by atoms with Gasteiger partial charge in [0, 0.05) is 12.0 Å². The molecule has 2 rings (SSSR count). The average Bonchev–Trinajstić information content (AvgIpc) is 2.15.